The third kappa shape index (κ3) is 2.31. The molecule has 0 radical (unpaired) electrons. The summed E-state index contributed by atoms with van der Waals surface area (Å²) in [5, 5.41) is 0. The Morgan fingerprint density at radius 2 is 2.41 bits per heavy atom. The van der Waals surface area contributed by atoms with Crippen LogP contribution in [-0.4, -0.2) is 10.8 Å². The van der Waals surface area contributed by atoms with Gasteiger partial charge in [-0.1, -0.05) is 18.1 Å². The molecule has 0 unspecified atom stereocenters. The highest BCUT2D eigenvalue weighted by molar-refractivity contribution is 5.76. The number of terminal acetylenes is 1. The summed E-state index contributed by atoms with van der Waals surface area (Å²) in [4.78, 5) is 12.8. The molecule has 0 saturated heterocycles. The summed E-state index contributed by atoms with van der Waals surface area (Å²) in [5.74, 6) is 3.23. The van der Waals surface area contributed by atoms with E-state index in [-0.39, 0.29) is 5.91 Å². The number of allylic oxidation sites excluding steroid dienone is 4. The van der Waals surface area contributed by atoms with Gasteiger partial charge < -0.3 is 4.74 Å². The number of hydrogen-bond acceptors (Lipinski definition) is 2. The molecule has 0 bridgehead atoms. The average molecular weight is 227 g/mol. The van der Waals surface area contributed by atoms with Crippen molar-refractivity contribution in [1.29, 1.82) is 0 Å². The normalized spacial score (nSPS) is 18.6. The average Bonchev–Trinajstić information content (AvgIpc) is 2.39. The molecule has 1 aliphatic heterocycles. The maximum absolute atomic E-state index is 11.3. The highest BCUT2D eigenvalue weighted by Gasteiger charge is 2.17. The lowest BCUT2D eigenvalue weighted by molar-refractivity contribution is -0.124. The van der Waals surface area contributed by atoms with Crippen LogP contribution in [-0.2, 0) is 9.53 Å². The van der Waals surface area contributed by atoms with Crippen molar-refractivity contribution in [3.05, 3.63) is 47.7 Å². The fraction of sp³-hybridized carbons (Fsp3) is 0.214. The summed E-state index contributed by atoms with van der Waals surface area (Å²) in [6.07, 6.45) is 15.9. The monoisotopic (exact) mass is 227 g/mol. The first kappa shape index (κ1) is 11.3. The molecule has 2 rings (SSSR count). The molecule has 3 heteroatoms. The molecule has 0 spiro atoms. The Labute approximate surface area is 101 Å². The lowest BCUT2D eigenvalue weighted by Crippen LogP contribution is -2.20. The standard InChI is InChI=1S/C14H13NO2/c1-3-12-6-4-5-7-13(12)14-10-15(11(2)16)8-9-17-14/h1,4,6,8-10H,5,7H2,2H3. The van der Waals surface area contributed by atoms with Crippen molar-refractivity contribution >= 4 is 5.91 Å². The highest BCUT2D eigenvalue weighted by atomic mass is 16.5. The van der Waals surface area contributed by atoms with E-state index in [1.165, 1.54) is 18.1 Å². The van der Waals surface area contributed by atoms with Crippen LogP contribution < -0.4 is 0 Å². The molecule has 3 nitrogen and oxygen atoms in total. The Bertz CT molecular complexity index is 501. The number of amides is 1. The predicted octanol–water partition coefficient (Wildman–Crippen LogP) is 2.46. The van der Waals surface area contributed by atoms with Crippen LogP contribution in [0.15, 0.2) is 47.7 Å². The van der Waals surface area contributed by atoms with E-state index in [1.807, 2.05) is 12.2 Å². The highest BCUT2D eigenvalue weighted by Crippen LogP contribution is 2.28. The number of nitrogens with zero attached hydrogens (tertiary/aromatic N) is 1. The van der Waals surface area contributed by atoms with Crippen LogP contribution in [0.2, 0.25) is 0 Å². The zero-order chi connectivity index (χ0) is 12.3. The molecule has 0 aromatic carbocycles. The first-order chi connectivity index (χ1) is 8.22. The first-order valence-corrected chi connectivity index (χ1v) is 5.43. The van der Waals surface area contributed by atoms with E-state index < -0.39 is 0 Å². The van der Waals surface area contributed by atoms with Gasteiger partial charge in [0, 0.05) is 24.3 Å². The second-order valence-electron chi connectivity index (χ2n) is 3.80. The van der Waals surface area contributed by atoms with Crippen LogP contribution >= 0.6 is 0 Å². The number of hydrogen-bond donors (Lipinski definition) is 0. The molecule has 0 aromatic rings. The van der Waals surface area contributed by atoms with Gasteiger partial charge in [-0.15, -0.1) is 6.42 Å². The molecule has 2 aliphatic rings. The lowest BCUT2D eigenvalue weighted by atomic mass is 9.96. The van der Waals surface area contributed by atoms with E-state index >= 15 is 0 Å². The maximum atomic E-state index is 11.3. The van der Waals surface area contributed by atoms with Gasteiger partial charge in [-0.2, -0.15) is 0 Å². The number of carbonyl (C=O) groups excluding carboxylic acids is 1. The third-order valence-electron chi connectivity index (χ3n) is 2.66. The Morgan fingerprint density at radius 3 is 3.12 bits per heavy atom. The largest absolute Gasteiger partial charge is 0.462 e. The van der Waals surface area contributed by atoms with Gasteiger partial charge >= 0.3 is 0 Å². The minimum Gasteiger partial charge on any atom is -0.462 e. The molecule has 17 heavy (non-hydrogen) atoms. The molecule has 1 heterocycles. The Morgan fingerprint density at radius 1 is 1.59 bits per heavy atom. The number of rotatable bonds is 1. The smallest absolute Gasteiger partial charge is 0.227 e. The Hall–Kier alpha value is -2.21. The minimum absolute atomic E-state index is 0.0590. The fourth-order valence-electron chi connectivity index (χ4n) is 1.77. The zero-order valence-electron chi connectivity index (χ0n) is 9.64. The van der Waals surface area contributed by atoms with Crippen molar-refractivity contribution in [3.8, 4) is 12.3 Å². The second-order valence-corrected chi connectivity index (χ2v) is 3.80. The van der Waals surface area contributed by atoms with Gasteiger partial charge in [0.15, 0.2) is 0 Å². The van der Waals surface area contributed by atoms with Gasteiger partial charge in [-0.05, 0) is 12.8 Å². The molecule has 1 aliphatic carbocycles. The molecule has 0 atom stereocenters. The fourth-order valence-corrected chi connectivity index (χ4v) is 1.77. The van der Waals surface area contributed by atoms with Crippen LogP contribution in [0.5, 0.6) is 0 Å². The lowest BCUT2D eigenvalue weighted by Gasteiger charge is -2.21. The van der Waals surface area contributed by atoms with Crippen LogP contribution in [0.3, 0.4) is 0 Å². The zero-order valence-corrected chi connectivity index (χ0v) is 9.64. The van der Waals surface area contributed by atoms with Crippen molar-refractivity contribution in [2.75, 3.05) is 0 Å². The Balaban J connectivity index is 2.35. The van der Waals surface area contributed by atoms with Crippen LogP contribution in [0.1, 0.15) is 19.8 Å². The van der Waals surface area contributed by atoms with Gasteiger partial charge in [0.2, 0.25) is 5.91 Å². The van der Waals surface area contributed by atoms with Crippen molar-refractivity contribution in [2.45, 2.75) is 19.8 Å². The molecule has 0 aromatic heterocycles. The van der Waals surface area contributed by atoms with Gasteiger partial charge in [-0.3, -0.25) is 9.69 Å². The summed E-state index contributed by atoms with van der Waals surface area (Å²) < 4.78 is 5.43. The second kappa shape index (κ2) is 4.75. The van der Waals surface area contributed by atoms with Crippen molar-refractivity contribution < 1.29 is 9.53 Å². The van der Waals surface area contributed by atoms with Crippen LogP contribution in [0.25, 0.3) is 0 Å². The molecular formula is C14H13NO2. The number of ether oxygens (including phenoxy) is 1. The molecule has 1 amide bonds. The van der Waals surface area contributed by atoms with E-state index in [0.717, 1.165) is 24.0 Å². The topological polar surface area (TPSA) is 29.5 Å². The first-order valence-electron chi connectivity index (χ1n) is 5.43. The molecule has 86 valence electrons. The van der Waals surface area contributed by atoms with E-state index in [2.05, 4.69) is 5.92 Å². The number of carbonyl (C=O) groups is 1. The van der Waals surface area contributed by atoms with E-state index in [9.17, 15) is 4.79 Å². The van der Waals surface area contributed by atoms with E-state index in [4.69, 9.17) is 11.2 Å². The Kier molecular flexibility index (Phi) is 3.15. The molecule has 0 saturated carbocycles. The van der Waals surface area contributed by atoms with Crippen LogP contribution in [0.4, 0.5) is 0 Å². The molecule has 0 fully saturated rings. The summed E-state index contributed by atoms with van der Waals surface area (Å²) >= 11 is 0. The predicted molar refractivity (Wildman–Crippen MR) is 65.1 cm³/mol. The van der Waals surface area contributed by atoms with E-state index in [0.29, 0.717) is 5.76 Å². The minimum atomic E-state index is -0.0590. The third-order valence-corrected chi connectivity index (χ3v) is 2.66. The quantitative estimate of drug-likeness (QED) is 0.644. The van der Waals surface area contributed by atoms with Crippen LogP contribution in [0, 0.1) is 12.3 Å². The van der Waals surface area contributed by atoms with Gasteiger partial charge in [0.05, 0.1) is 6.20 Å². The van der Waals surface area contributed by atoms with Crippen molar-refractivity contribution in [2.24, 2.45) is 0 Å². The van der Waals surface area contributed by atoms with E-state index in [1.54, 1.807) is 12.4 Å². The summed E-state index contributed by atoms with van der Waals surface area (Å²) in [6.45, 7) is 1.50. The SMILES string of the molecule is C#CC1=C(C2=CN(C(C)=O)C=CO2)CCC=C1. The van der Waals surface area contributed by atoms with Gasteiger partial charge in [0.1, 0.15) is 12.0 Å². The summed E-state index contributed by atoms with van der Waals surface area (Å²) in [6, 6.07) is 0. The van der Waals surface area contributed by atoms with Crippen molar-refractivity contribution in [1.82, 2.24) is 4.90 Å². The van der Waals surface area contributed by atoms with Gasteiger partial charge in [0.25, 0.3) is 0 Å². The summed E-state index contributed by atoms with van der Waals surface area (Å²) in [5.41, 5.74) is 1.80. The molecule has 0 N–H and O–H groups in total. The van der Waals surface area contributed by atoms with Gasteiger partial charge in [-0.25, -0.2) is 0 Å². The summed E-state index contributed by atoms with van der Waals surface area (Å²) in [7, 11) is 0. The molecular weight excluding hydrogens is 214 g/mol. The van der Waals surface area contributed by atoms with Crippen molar-refractivity contribution in [3.63, 3.8) is 0 Å². The maximum Gasteiger partial charge on any atom is 0.227 e.